The average molecular weight is 338 g/mol. The zero-order chi connectivity index (χ0) is 17.8. The number of nitrogens with zero attached hydrogens (tertiary/aromatic N) is 3. The van der Waals surface area contributed by atoms with Gasteiger partial charge < -0.3 is 15.1 Å². The first-order valence-corrected chi connectivity index (χ1v) is 8.31. The summed E-state index contributed by atoms with van der Waals surface area (Å²) >= 11 is 0. The lowest BCUT2D eigenvalue weighted by molar-refractivity contribution is 0.0633. The number of piperazine rings is 1. The summed E-state index contributed by atoms with van der Waals surface area (Å²) in [5, 5.41) is 3.33. The van der Waals surface area contributed by atoms with Crippen molar-refractivity contribution in [2.75, 3.05) is 33.7 Å². The van der Waals surface area contributed by atoms with Gasteiger partial charge in [0, 0.05) is 57.3 Å². The largest absolute Gasteiger partial charge is 0.345 e. The fourth-order valence-electron chi connectivity index (χ4n) is 3.00. The second-order valence-electron chi connectivity index (χ2n) is 6.28. The number of hydrogen-bond acceptors (Lipinski definition) is 4. The lowest BCUT2D eigenvalue weighted by Crippen LogP contribution is -2.48. The summed E-state index contributed by atoms with van der Waals surface area (Å²) in [6, 6.07) is 10.7. The van der Waals surface area contributed by atoms with Gasteiger partial charge in [0.1, 0.15) is 0 Å². The van der Waals surface area contributed by atoms with Gasteiger partial charge in [-0.1, -0.05) is 6.07 Å². The van der Waals surface area contributed by atoms with Crippen LogP contribution in [0.25, 0.3) is 0 Å². The number of amides is 2. The van der Waals surface area contributed by atoms with Crippen LogP contribution in [0.2, 0.25) is 0 Å². The van der Waals surface area contributed by atoms with E-state index in [0.717, 1.165) is 12.1 Å². The lowest BCUT2D eigenvalue weighted by atomic mass is 10.0. The maximum atomic E-state index is 13.0. The van der Waals surface area contributed by atoms with Crippen molar-refractivity contribution in [2.45, 2.75) is 6.04 Å². The Morgan fingerprint density at radius 1 is 1.16 bits per heavy atom. The molecule has 6 heteroatoms. The number of benzene rings is 1. The third kappa shape index (κ3) is 3.69. The molecular formula is C19H22N4O2. The standard InChI is InChI=1S/C19H22N4O2/c1-22(2)18(24)14-5-7-15(8-6-14)19(25)23-11-10-21-13-17(23)16-4-3-9-20-12-16/h3-9,12,17,21H,10-11,13H2,1-2H3. The summed E-state index contributed by atoms with van der Waals surface area (Å²) in [4.78, 5) is 32.5. The number of pyridine rings is 1. The monoisotopic (exact) mass is 338 g/mol. The SMILES string of the molecule is CN(C)C(=O)c1ccc(C(=O)N2CCNCC2c2cccnc2)cc1. The maximum Gasteiger partial charge on any atom is 0.254 e. The summed E-state index contributed by atoms with van der Waals surface area (Å²) in [5.74, 6) is -0.103. The highest BCUT2D eigenvalue weighted by Crippen LogP contribution is 2.23. The van der Waals surface area contributed by atoms with Crippen LogP contribution in [0.5, 0.6) is 0 Å². The molecule has 1 unspecified atom stereocenters. The first-order chi connectivity index (χ1) is 12.1. The molecule has 1 aliphatic heterocycles. The van der Waals surface area contributed by atoms with Crippen molar-refractivity contribution in [1.82, 2.24) is 20.1 Å². The van der Waals surface area contributed by atoms with Crippen molar-refractivity contribution in [3.63, 3.8) is 0 Å². The van der Waals surface area contributed by atoms with Crippen molar-refractivity contribution in [3.8, 4) is 0 Å². The number of nitrogens with one attached hydrogen (secondary N) is 1. The molecule has 2 heterocycles. The Kier molecular flexibility index (Phi) is 5.09. The number of carbonyl (C=O) groups excluding carboxylic acids is 2. The number of carbonyl (C=O) groups is 2. The molecule has 3 rings (SSSR count). The molecule has 0 spiro atoms. The van der Waals surface area contributed by atoms with E-state index in [9.17, 15) is 9.59 Å². The van der Waals surface area contributed by atoms with Crippen LogP contribution in [0.3, 0.4) is 0 Å². The van der Waals surface area contributed by atoms with Gasteiger partial charge in [-0.15, -0.1) is 0 Å². The number of hydrogen-bond donors (Lipinski definition) is 1. The molecule has 1 aromatic heterocycles. The molecule has 0 aliphatic carbocycles. The van der Waals surface area contributed by atoms with Crippen LogP contribution in [0.15, 0.2) is 48.8 Å². The van der Waals surface area contributed by atoms with Gasteiger partial charge in [-0.05, 0) is 35.9 Å². The van der Waals surface area contributed by atoms with Crippen molar-refractivity contribution in [2.24, 2.45) is 0 Å². The summed E-state index contributed by atoms with van der Waals surface area (Å²) in [5.41, 5.74) is 2.18. The van der Waals surface area contributed by atoms with Crippen molar-refractivity contribution in [1.29, 1.82) is 0 Å². The molecule has 0 radical (unpaired) electrons. The van der Waals surface area contributed by atoms with Crippen molar-refractivity contribution in [3.05, 3.63) is 65.5 Å². The molecule has 1 aliphatic rings. The summed E-state index contributed by atoms with van der Waals surface area (Å²) in [6.45, 7) is 2.10. The Morgan fingerprint density at radius 2 is 1.88 bits per heavy atom. The number of aromatic nitrogens is 1. The Balaban J connectivity index is 1.82. The molecule has 2 amide bonds. The lowest BCUT2D eigenvalue weighted by Gasteiger charge is -2.36. The Labute approximate surface area is 147 Å². The quantitative estimate of drug-likeness (QED) is 0.923. The predicted octanol–water partition coefficient (Wildman–Crippen LogP) is 1.57. The molecule has 25 heavy (non-hydrogen) atoms. The van der Waals surface area contributed by atoms with E-state index in [-0.39, 0.29) is 17.9 Å². The molecule has 1 aromatic carbocycles. The zero-order valence-corrected chi connectivity index (χ0v) is 14.5. The fraction of sp³-hybridized carbons (Fsp3) is 0.316. The Morgan fingerprint density at radius 3 is 2.52 bits per heavy atom. The van der Waals surface area contributed by atoms with Crippen LogP contribution in [-0.2, 0) is 0 Å². The smallest absolute Gasteiger partial charge is 0.254 e. The van der Waals surface area contributed by atoms with Gasteiger partial charge in [0.15, 0.2) is 0 Å². The van der Waals surface area contributed by atoms with Gasteiger partial charge in [-0.2, -0.15) is 0 Å². The van der Waals surface area contributed by atoms with Gasteiger partial charge >= 0.3 is 0 Å². The summed E-state index contributed by atoms with van der Waals surface area (Å²) < 4.78 is 0. The zero-order valence-electron chi connectivity index (χ0n) is 14.5. The van der Waals surface area contributed by atoms with Crippen LogP contribution in [-0.4, -0.2) is 60.3 Å². The van der Waals surface area contributed by atoms with Crippen LogP contribution in [0.4, 0.5) is 0 Å². The minimum absolute atomic E-state index is 0.0285. The van der Waals surface area contributed by atoms with E-state index in [2.05, 4.69) is 10.3 Å². The van der Waals surface area contributed by atoms with Crippen LogP contribution < -0.4 is 5.32 Å². The molecule has 6 nitrogen and oxygen atoms in total. The van der Waals surface area contributed by atoms with E-state index in [1.165, 1.54) is 4.90 Å². The normalized spacial score (nSPS) is 17.2. The number of rotatable bonds is 3. The van der Waals surface area contributed by atoms with Gasteiger partial charge in [0.2, 0.25) is 0 Å². The second kappa shape index (κ2) is 7.44. The molecule has 2 aromatic rings. The van der Waals surface area contributed by atoms with E-state index in [1.807, 2.05) is 17.0 Å². The molecule has 0 bridgehead atoms. The molecular weight excluding hydrogens is 316 g/mol. The maximum absolute atomic E-state index is 13.0. The molecule has 1 fully saturated rings. The van der Waals surface area contributed by atoms with Crippen molar-refractivity contribution < 1.29 is 9.59 Å². The van der Waals surface area contributed by atoms with Gasteiger partial charge in [-0.25, -0.2) is 0 Å². The Bertz CT molecular complexity index is 744. The van der Waals surface area contributed by atoms with E-state index in [1.54, 1.807) is 50.8 Å². The highest BCUT2D eigenvalue weighted by Gasteiger charge is 2.28. The first-order valence-electron chi connectivity index (χ1n) is 8.31. The Hall–Kier alpha value is -2.73. The summed E-state index contributed by atoms with van der Waals surface area (Å²) in [7, 11) is 3.42. The minimum Gasteiger partial charge on any atom is -0.345 e. The topological polar surface area (TPSA) is 65.5 Å². The summed E-state index contributed by atoms with van der Waals surface area (Å²) in [6.07, 6.45) is 3.53. The molecule has 0 saturated carbocycles. The minimum atomic E-state index is -0.0746. The molecule has 1 saturated heterocycles. The van der Waals surface area contributed by atoms with E-state index in [0.29, 0.717) is 24.2 Å². The van der Waals surface area contributed by atoms with Gasteiger partial charge in [-0.3, -0.25) is 14.6 Å². The third-order valence-electron chi connectivity index (χ3n) is 4.36. The highest BCUT2D eigenvalue weighted by atomic mass is 16.2. The predicted molar refractivity (Wildman–Crippen MR) is 95.3 cm³/mol. The third-order valence-corrected chi connectivity index (χ3v) is 4.36. The average Bonchev–Trinajstić information content (AvgIpc) is 2.67. The molecule has 1 atom stereocenters. The van der Waals surface area contributed by atoms with Crippen LogP contribution >= 0.6 is 0 Å². The van der Waals surface area contributed by atoms with E-state index in [4.69, 9.17) is 0 Å². The highest BCUT2D eigenvalue weighted by molar-refractivity contribution is 5.97. The van der Waals surface area contributed by atoms with Gasteiger partial charge in [0.05, 0.1) is 6.04 Å². The van der Waals surface area contributed by atoms with Crippen LogP contribution in [0, 0.1) is 0 Å². The fourth-order valence-corrected chi connectivity index (χ4v) is 3.00. The molecule has 1 N–H and O–H groups in total. The van der Waals surface area contributed by atoms with Crippen molar-refractivity contribution >= 4 is 11.8 Å². The van der Waals surface area contributed by atoms with E-state index < -0.39 is 0 Å². The van der Waals surface area contributed by atoms with Gasteiger partial charge in [0.25, 0.3) is 11.8 Å². The molecule has 130 valence electrons. The van der Waals surface area contributed by atoms with Crippen LogP contribution in [0.1, 0.15) is 32.3 Å². The second-order valence-corrected chi connectivity index (χ2v) is 6.28. The first kappa shape index (κ1) is 17.1. The van der Waals surface area contributed by atoms with E-state index >= 15 is 0 Å².